The highest BCUT2D eigenvalue weighted by molar-refractivity contribution is 7.41. The van der Waals surface area contributed by atoms with Crippen LogP contribution in [-0.4, -0.2) is 23.0 Å². The molecule has 0 aliphatic rings. The first-order valence-corrected chi connectivity index (χ1v) is 5.01. The largest absolute Gasteiger partial charge is 0.394 e. The molecule has 68 valence electrons. The van der Waals surface area contributed by atoms with E-state index in [1.165, 1.54) is 0 Å². The molecule has 0 aromatic heterocycles. The quantitative estimate of drug-likeness (QED) is 0.672. The third-order valence-electron chi connectivity index (χ3n) is 1.18. The van der Waals surface area contributed by atoms with Crippen molar-refractivity contribution in [3.63, 3.8) is 0 Å². The standard InChI is InChI=1S/C7H17O3P/c1-6(5-8)10-11(9)7(2,3)4/h6,8,11H,5H2,1-4H3. The maximum Gasteiger partial charge on any atom is 0.197 e. The maximum atomic E-state index is 11.3. The van der Waals surface area contributed by atoms with E-state index in [0.29, 0.717) is 0 Å². The van der Waals surface area contributed by atoms with E-state index >= 15 is 0 Å². The summed E-state index contributed by atoms with van der Waals surface area (Å²) in [5.74, 6) is 0. The molecule has 0 saturated heterocycles. The fourth-order valence-corrected chi connectivity index (χ4v) is 1.19. The van der Waals surface area contributed by atoms with Crippen LogP contribution in [0, 0.1) is 0 Å². The second kappa shape index (κ2) is 4.24. The van der Waals surface area contributed by atoms with Gasteiger partial charge in [0.2, 0.25) is 0 Å². The maximum absolute atomic E-state index is 11.3. The smallest absolute Gasteiger partial charge is 0.197 e. The number of aliphatic hydroxyl groups is 1. The van der Waals surface area contributed by atoms with Gasteiger partial charge >= 0.3 is 0 Å². The zero-order chi connectivity index (χ0) is 9.07. The van der Waals surface area contributed by atoms with Gasteiger partial charge in [0, 0.05) is 5.16 Å². The van der Waals surface area contributed by atoms with E-state index in [9.17, 15) is 4.57 Å². The van der Waals surface area contributed by atoms with Gasteiger partial charge in [-0.1, -0.05) is 20.8 Å². The summed E-state index contributed by atoms with van der Waals surface area (Å²) >= 11 is 0. The highest BCUT2D eigenvalue weighted by atomic mass is 31.1. The predicted octanol–water partition coefficient (Wildman–Crippen LogP) is 1.66. The Labute approximate surface area is 68.6 Å². The molecule has 0 radical (unpaired) electrons. The van der Waals surface area contributed by atoms with Gasteiger partial charge < -0.3 is 9.63 Å². The van der Waals surface area contributed by atoms with Gasteiger partial charge in [-0.15, -0.1) is 0 Å². The van der Waals surface area contributed by atoms with Crippen molar-refractivity contribution < 1.29 is 14.2 Å². The molecule has 0 heterocycles. The van der Waals surface area contributed by atoms with Gasteiger partial charge in [-0.05, 0) is 6.92 Å². The van der Waals surface area contributed by atoms with Crippen molar-refractivity contribution in [2.45, 2.75) is 39.0 Å². The van der Waals surface area contributed by atoms with Crippen LogP contribution in [-0.2, 0) is 9.09 Å². The zero-order valence-electron chi connectivity index (χ0n) is 7.55. The predicted molar refractivity (Wildman–Crippen MR) is 46.4 cm³/mol. The molecular weight excluding hydrogens is 163 g/mol. The zero-order valence-corrected chi connectivity index (χ0v) is 8.55. The van der Waals surface area contributed by atoms with E-state index in [2.05, 4.69) is 0 Å². The van der Waals surface area contributed by atoms with Crippen LogP contribution in [0.3, 0.4) is 0 Å². The van der Waals surface area contributed by atoms with Crippen molar-refractivity contribution >= 4 is 8.03 Å². The van der Waals surface area contributed by atoms with E-state index in [4.69, 9.17) is 9.63 Å². The summed E-state index contributed by atoms with van der Waals surface area (Å²) in [6.45, 7) is 7.20. The Balaban J connectivity index is 3.88. The summed E-state index contributed by atoms with van der Waals surface area (Å²) in [6, 6.07) is 0. The number of hydrogen-bond acceptors (Lipinski definition) is 3. The molecule has 4 heteroatoms. The monoisotopic (exact) mass is 180 g/mol. The van der Waals surface area contributed by atoms with Crippen LogP contribution in [0.4, 0.5) is 0 Å². The third-order valence-corrected chi connectivity index (χ3v) is 3.02. The van der Waals surface area contributed by atoms with Crippen LogP contribution in [0.5, 0.6) is 0 Å². The van der Waals surface area contributed by atoms with E-state index in [1.54, 1.807) is 6.92 Å². The first-order valence-electron chi connectivity index (χ1n) is 3.70. The summed E-state index contributed by atoms with van der Waals surface area (Å²) in [5.41, 5.74) is 0. The summed E-state index contributed by atoms with van der Waals surface area (Å²) in [4.78, 5) is 0. The highest BCUT2D eigenvalue weighted by Crippen LogP contribution is 2.39. The molecular formula is C7H17O3P. The molecule has 3 nitrogen and oxygen atoms in total. The van der Waals surface area contributed by atoms with Gasteiger partial charge in [-0.25, -0.2) is 0 Å². The Morgan fingerprint density at radius 1 is 1.55 bits per heavy atom. The minimum Gasteiger partial charge on any atom is -0.394 e. The van der Waals surface area contributed by atoms with Crippen LogP contribution in [0.2, 0.25) is 0 Å². The first kappa shape index (κ1) is 11.2. The minimum atomic E-state index is -2.03. The summed E-state index contributed by atoms with van der Waals surface area (Å²) < 4.78 is 16.3. The Morgan fingerprint density at radius 2 is 2.00 bits per heavy atom. The van der Waals surface area contributed by atoms with Crippen molar-refractivity contribution in [1.82, 2.24) is 0 Å². The second-order valence-corrected chi connectivity index (χ2v) is 5.96. The Kier molecular flexibility index (Phi) is 4.30. The summed E-state index contributed by atoms with van der Waals surface area (Å²) in [6.07, 6.45) is -0.319. The number of rotatable bonds is 3. The van der Waals surface area contributed by atoms with Gasteiger partial charge in [0.25, 0.3) is 0 Å². The van der Waals surface area contributed by atoms with Crippen LogP contribution >= 0.6 is 8.03 Å². The molecule has 0 fully saturated rings. The van der Waals surface area contributed by atoms with Gasteiger partial charge in [0.05, 0.1) is 12.7 Å². The Hall–Kier alpha value is 0.150. The van der Waals surface area contributed by atoms with Crippen LogP contribution in [0.15, 0.2) is 0 Å². The molecule has 11 heavy (non-hydrogen) atoms. The van der Waals surface area contributed by atoms with Crippen LogP contribution < -0.4 is 0 Å². The SMILES string of the molecule is CC(CO)O[PH](=O)C(C)(C)C. The van der Waals surface area contributed by atoms with Crippen molar-refractivity contribution in [3.05, 3.63) is 0 Å². The van der Waals surface area contributed by atoms with E-state index < -0.39 is 8.03 Å². The molecule has 0 saturated carbocycles. The topological polar surface area (TPSA) is 46.5 Å². The minimum absolute atomic E-state index is 0.0769. The fraction of sp³-hybridized carbons (Fsp3) is 1.00. The lowest BCUT2D eigenvalue weighted by atomic mass is 10.3. The number of hydrogen-bond donors (Lipinski definition) is 1. The molecule has 0 bridgehead atoms. The second-order valence-electron chi connectivity index (χ2n) is 3.65. The number of aliphatic hydroxyl groups excluding tert-OH is 1. The van der Waals surface area contributed by atoms with Gasteiger partial charge in [0.1, 0.15) is 0 Å². The average Bonchev–Trinajstić information content (AvgIpc) is 1.85. The Bertz CT molecular complexity index is 139. The lowest BCUT2D eigenvalue weighted by Crippen LogP contribution is -2.15. The van der Waals surface area contributed by atoms with Crippen molar-refractivity contribution in [3.8, 4) is 0 Å². The molecule has 0 aliphatic carbocycles. The normalized spacial score (nSPS) is 17.9. The third kappa shape index (κ3) is 4.57. The van der Waals surface area contributed by atoms with Crippen LogP contribution in [0.1, 0.15) is 27.7 Å². The van der Waals surface area contributed by atoms with Gasteiger partial charge in [0.15, 0.2) is 8.03 Å². The Morgan fingerprint density at radius 3 is 2.27 bits per heavy atom. The first-order chi connectivity index (χ1) is 4.88. The molecule has 0 amide bonds. The lowest BCUT2D eigenvalue weighted by Gasteiger charge is -2.20. The molecule has 2 unspecified atom stereocenters. The van der Waals surface area contributed by atoms with E-state index in [0.717, 1.165) is 0 Å². The van der Waals surface area contributed by atoms with Gasteiger partial charge in [-0.2, -0.15) is 0 Å². The average molecular weight is 180 g/mol. The van der Waals surface area contributed by atoms with Gasteiger partial charge in [-0.3, -0.25) is 4.57 Å². The fourth-order valence-electron chi connectivity index (χ4n) is 0.397. The summed E-state index contributed by atoms with van der Waals surface area (Å²) in [7, 11) is -2.03. The lowest BCUT2D eigenvalue weighted by molar-refractivity contribution is 0.134. The molecule has 0 spiro atoms. The summed E-state index contributed by atoms with van der Waals surface area (Å²) in [5, 5.41) is 8.30. The van der Waals surface area contributed by atoms with Crippen molar-refractivity contribution in [1.29, 1.82) is 0 Å². The van der Waals surface area contributed by atoms with E-state index in [-0.39, 0.29) is 17.9 Å². The van der Waals surface area contributed by atoms with E-state index in [1.807, 2.05) is 20.8 Å². The molecule has 0 rings (SSSR count). The highest BCUT2D eigenvalue weighted by Gasteiger charge is 2.21. The van der Waals surface area contributed by atoms with Crippen molar-refractivity contribution in [2.75, 3.05) is 6.61 Å². The molecule has 0 aromatic carbocycles. The molecule has 2 atom stereocenters. The van der Waals surface area contributed by atoms with Crippen molar-refractivity contribution in [2.24, 2.45) is 0 Å². The molecule has 0 aromatic rings. The molecule has 0 aliphatic heterocycles. The van der Waals surface area contributed by atoms with Crippen LogP contribution in [0.25, 0.3) is 0 Å². The molecule has 1 N–H and O–H groups in total.